The molecule has 0 aromatic heterocycles. The van der Waals surface area contributed by atoms with Gasteiger partial charge in [0.1, 0.15) is 0 Å². The third kappa shape index (κ3) is 19.0. The summed E-state index contributed by atoms with van der Waals surface area (Å²) in [5.74, 6) is 1.95. The fraction of sp³-hybridized carbons (Fsp3) is 0.667. The van der Waals surface area contributed by atoms with E-state index in [1.54, 1.807) is 0 Å². The molecule has 0 aliphatic rings. The first-order valence-electron chi connectivity index (χ1n) is 7.72. The Morgan fingerprint density at radius 2 is 1.17 bits per heavy atom. The first-order valence-corrected chi connectivity index (χ1v) is 9.39. The average Bonchev–Trinajstić information content (AvgIpc) is 2.27. The minimum Gasteiger partial charge on any atom is -0.374 e. The summed E-state index contributed by atoms with van der Waals surface area (Å²) in [6, 6.07) is 8.71. The van der Waals surface area contributed by atoms with Gasteiger partial charge in [0, 0.05) is 27.6 Å². The molecule has 0 saturated heterocycles. The maximum Gasteiger partial charge on any atom is 0.0256 e. The predicted octanol–water partition coefficient (Wildman–Crippen LogP) is 6.65. The van der Waals surface area contributed by atoms with Crippen LogP contribution < -0.4 is 0 Å². The Morgan fingerprint density at radius 1 is 0.826 bits per heavy atom. The van der Waals surface area contributed by atoms with Crippen LogP contribution in [0.5, 0.6) is 0 Å². The monoisotopic (exact) mass is 470 g/mol. The van der Waals surface area contributed by atoms with E-state index in [1.807, 2.05) is 0 Å². The van der Waals surface area contributed by atoms with Crippen LogP contribution in [0.25, 0.3) is 0 Å². The van der Waals surface area contributed by atoms with E-state index in [4.69, 9.17) is 0 Å². The molecule has 1 rings (SSSR count). The van der Waals surface area contributed by atoms with E-state index < -0.39 is 8.15 Å². The first kappa shape index (κ1) is 31.6. The van der Waals surface area contributed by atoms with Gasteiger partial charge in [-0.3, -0.25) is 0 Å². The Morgan fingerprint density at radius 3 is 1.43 bits per heavy atom. The Labute approximate surface area is 170 Å². The first-order chi connectivity index (χ1) is 9.22. The van der Waals surface area contributed by atoms with Crippen molar-refractivity contribution in [2.75, 3.05) is 12.3 Å². The van der Waals surface area contributed by atoms with E-state index in [2.05, 4.69) is 72.7 Å². The van der Waals surface area contributed by atoms with E-state index in [0.717, 1.165) is 12.3 Å². The number of hydrogen-bond acceptors (Lipinski definition) is 1. The van der Waals surface area contributed by atoms with Gasteiger partial charge in [-0.05, 0) is 42.6 Å². The summed E-state index contributed by atoms with van der Waals surface area (Å²) in [7, 11) is -0.659. The summed E-state index contributed by atoms with van der Waals surface area (Å²) in [6.45, 7) is 15.2. The molecule has 0 atom stereocenters. The number of rotatable bonds is 5. The van der Waals surface area contributed by atoms with Crippen molar-refractivity contribution in [1.82, 2.24) is 0 Å². The zero-order valence-electron chi connectivity index (χ0n) is 15.5. The minimum absolute atomic E-state index is 0. The van der Waals surface area contributed by atoms with Gasteiger partial charge in [0.05, 0.1) is 0 Å². The van der Waals surface area contributed by atoms with E-state index in [1.165, 1.54) is 11.1 Å². The van der Waals surface area contributed by atoms with Crippen LogP contribution >= 0.6 is 33.0 Å². The quantitative estimate of drug-likeness (QED) is 0.378. The molecule has 23 heavy (non-hydrogen) atoms. The normalized spacial score (nSPS) is 9.74. The van der Waals surface area contributed by atoms with Crippen LogP contribution in [-0.2, 0) is 19.5 Å². The van der Waals surface area contributed by atoms with Crippen molar-refractivity contribution in [2.24, 2.45) is 11.8 Å². The van der Waals surface area contributed by atoms with E-state index in [0.29, 0.717) is 17.8 Å². The molecule has 0 bridgehead atoms. The predicted molar refractivity (Wildman–Crippen MR) is 108 cm³/mol. The van der Waals surface area contributed by atoms with Crippen molar-refractivity contribution in [2.45, 2.75) is 54.4 Å². The summed E-state index contributed by atoms with van der Waals surface area (Å²) < 4.78 is 0. The van der Waals surface area contributed by atoms with Crippen LogP contribution in [0, 0.1) is 18.8 Å². The largest absolute Gasteiger partial charge is 0.374 e. The van der Waals surface area contributed by atoms with Crippen LogP contribution in [0.3, 0.4) is 0 Å². The average molecular weight is 470 g/mol. The summed E-state index contributed by atoms with van der Waals surface area (Å²) in [6.07, 6.45) is 2.01. The standard InChI is InChI=1S/C10H14.C8H19OP.2ClH.Ru/c1-8(2)10-6-4-9(3)5-7-10;1-7(2)5-10(9)6-8(3)4;;;/h4-8H,1-3H3;7-9H,5-6H2,1-4H3;2*1H;. The van der Waals surface area contributed by atoms with Gasteiger partial charge >= 0.3 is 0 Å². The molecule has 5 heteroatoms. The molecule has 0 fully saturated rings. The fourth-order valence-corrected chi connectivity index (χ4v) is 3.70. The van der Waals surface area contributed by atoms with Crippen molar-refractivity contribution in [3.8, 4) is 0 Å². The Kier molecular flexibility index (Phi) is 24.2. The topological polar surface area (TPSA) is 20.2 Å². The van der Waals surface area contributed by atoms with Crippen molar-refractivity contribution < 1.29 is 24.4 Å². The summed E-state index contributed by atoms with van der Waals surface area (Å²) >= 11 is 0. The van der Waals surface area contributed by atoms with Gasteiger partial charge in [-0.2, -0.15) is 0 Å². The fourth-order valence-electron chi connectivity index (χ4n) is 1.87. The zero-order chi connectivity index (χ0) is 15.7. The van der Waals surface area contributed by atoms with Gasteiger partial charge in [0.25, 0.3) is 0 Å². The Balaban J connectivity index is -0.000000139. The van der Waals surface area contributed by atoms with Crippen molar-refractivity contribution in [3.05, 3.63) is 35.4 Å². The molecule has 0 radical (unpaired) electrons. The molecule has 1 N–H and O–H groups in total. The molecule has 140 valence electrons. The van der Waals surface area contributed by atoms with Crippen molar-refractivity contribution in [3.63, 3.8) is 0 Å². The molecular formula is C18H35Cl2OPRu. The Hall–Kier alpha value is 0.813. The summed E-state index contributed by atoms with van der Waals surface area (Å²) in [4.78, 5) is 9.45. The number of hydrogen-bond donors (Lipinski definition) is 1. The van der Waals surface area contributed by atoms with Crippen LogP contribution in [-0.4, -0.2) is 17.2 Å². The minimum atomic E-state index is -0.659. The molecule has 0 amide bonds. The summed E-state index contributed by atoms with van der Waals surface area (Å²) in [5, 5.41) is 0. The van der Waals surface area contributed by atoms with Gasteiger partial charge in [-0.1, -0.05) is 71.4 Å². The maximum atomic E-state index is 9.45. The van der Waals surface area contributed by atoms with Gasteiger partial charge < -0.3 is 4.89 Å². The number of aryl methyl sites for hydroxylation is 1. The zero-order valence-corrected chi connectivity index (χ0v) is 19.8. The smallest absolute Gasteiger partial charge is 0.0256 e. The molecule has 0 spiro atoms. The van der Waals surface area contributed by atoms with Crippen LogP contribution in [0.2, 0.25) is 0 Å². The maximum absolute atomic E-state index is 9.45. The van der Waals surface area contributed by atoms with E-state index in [9.17, 15) is 4.89 Å². The molecule has 0 aliphatic carbocycles. The molecule has 0 unspecified atom stereocenters. The molecule has 0 aliphatic heterocycles. The molecule has 0 heterocycles. The Bertz CT molecular complexity index is 347. The van der Waals surface area contributed by atoms with E-state index >= 15 is 0 Å². The van der Waals surface area contributed by atoms with Gasteiger partial charge in [-0.15, -0.1) is 24.8 Å². The molecule has 1 nitrogen and oxygen atoms in total. The van der Waals surface area contributed by atoms with E-state index in [-0.39, 0.29) is 44.3 Å². The molecular weight excluding hydrogens is 435 g/mol. The van der Waals surface area contributed by atoms with Crippen molar-refractivity contribution >= 4 is 33.0 Å². The molecule has 1 aromatic carbocycles. The number of halogens is 2. The second-order valence-corrected chi connectivity index (χ2v) is 8.47. The summed E-state index contributed by atoms with van der Waals surface area (Å²) in [5.41, 5.74) is 2.76. The molecule has 0 saturated carbocycles. The van der Waals surface area contributed by atoms with Gasteiger partial charge in [0.15, 0.2) is 0 Å². The second-order valence-electron chi connectivity index (χ2n) is 6.72. The van der Waals surface area contributed by atoms with Gasteiger partial charge in [-0.25, -0.2) is 0 Å². The third-order valence-corrected chi connectivity index (χ3v) is 5.20. The SMILES string of the molecule is CC(C)CP(O)CC(C)C.Cc1ccc(C(C)C)cc1.Cl.Cl.[Ru]. The number of benzene rings is 1. The molecule has 1 aromatic rings. The van der Waals surface area contributed by atoms with Crippen LogP contribution in [0.4, 0.5) is 0 Å². The van der Waals surface area contributed by atoms with Crippen LogP contribution in [0.15, 0.2) is 24.3 Å². The van der Waals surface area contributed by atoms with Crippen LogP contribution in [0.1, 0.15) is 58.6 Å². The van der Waals surface area contributed by atoms with Crippen molar-refractivity contribution in [1.29, 1.82) is 0 Å². The second kappa shape index (κ2) is 17.6. The third-order valence-electron chi connectivity index (χ3n) is 2.90. The van der Waals surface area contributed by atoms with Gasteiger partial charge in [0.2, 0.25) is 0 Å².